The van der Waals surface area contributed by atoms with Crippen LogP contribution in [0.25, 0.3) is 0 Å². The van der Waals surface area contributed by atoms with Crippen molar-refractivity contribution in [2.45, 2.75) is 46.3 Å². The maximum absolute atomic E-state index is 12.9. The summed E-state index contributed by atoms with van der Waals surface area (Å²) in [5.74, 6) is 0. The number of aliphatic hydroxyl groups is 1. The SMILES string of the molecule is CCc1cccc(C)c1NC(=O)N(Cc1ccccc1)CC(C)(C)O. The van der Waals surface area contributed by atoms with Crippen molar-refractivity contribution in [3.8, 4) is 0 Å². The second-order valence-electron chi connectivity index (χ2n) is 7.05. The summed E-state index contributed by atoms with van der Waals surface area (Å²) in [5, 5.41) is 13.3. The number of amides is 2. The summed E-state index contributed by atoms with van der Waals surface area (Å²) in [6.07, 6.45) is 0.849. The Bertz CT molecular complexity index is 706. The van der Waals surface area contributed by atoms with Gasteiger partial charge in [0.25, 0.3) is 0 Å². The van der Waals surface area contributed by atoms with E-state index in [1.807, 2.05) is 55.5 Å². The average molecular weight is 340 g/mol. The third-order valence-corrected chi connectivity index (χ3v) is 4.05. The molecule has 4 heteroatoms. The van der Waals surface area contributed by atoms with Crippen molar-refractivity contribution in [2.75, 3.05) is 11.9 Å². The van der Waals surface area contributed by atoms with Gasteiger partial charge in [0.15, 0.2) is 0 Å². The highest BCUT2D eigenvalue weighted by atomic mass is 16.3. The predicted molar refractivity (Wildman–Crippen MR) is 103 cm³/mol. The van der Waals surface area contributed by atoms with E-state index in [-0.39, 0.29) is 12.6 Å². The van der Waals surface area contributed by atoms with Crippen molar-refractivity contribution < 1.29 is 9.90 Å². The molecule has 2 amide bonds. The number of benzene rings is 2. The predicted octanol–water partition coefficient (Wildman–Crippen LogP) is 4.36. The normalized spacial score (nSPS) is 11.2. The van der Waals surface area contributed by atoms with Crippen LogP contribution in [0.3, 0.4) is 0 Å². The molecule has 0 unspecified atom stereocenters. The molecule has 4 nitrogen and oxygen atoms in total. The van der Waals surface area contributed by atoms with E-state index in [9.17, 15) is 9.90 Å². The van der Waals surface area contributed by atoms with Crippen LogP contribution in [-0.4, -0.2) is 28.2 Å². The zero-order chi connectivity index (χ0) is 18.4. The molecule has 0 heterocycles. The van der Waals surface area contributed by atoms with E-state index in [2.05, 4.69) is 12.2 Å². The van der Waals surface area contributed by atoms with Gasteiger partial charge in [0.05, 0.1) is 12.1 Å². The van der Waals surface area contributed by atoms with Gasteiger partial charge in [-0.15, -0.1) is 0 Å². The molecule has 0 fully saturated rings. The number of hydrogen-bond donors (Lipinski definition) is 2. The van der Waals surface area contributed by atoms with Crippen molar-refractivity contribution in [3.05, 3.63) is 65.2 Å². The van der Waals surface area contributed by atoms with Gasteiger partial charge in [0, 0.05) is 12.2 Å². The van der Waals surface area contributed by atoms with Crippen LogP contribution in [-0.2, 0) is 13.0 Å². The molecular weight excluding hydrogens is 312 g/mol. The molecule has 0 saturated carbocycles. The lowest BCUT2D eigenvalue weighted by molar-refractivity contribution is 0.0469. The molecule has 0 aliphatic heterocycles. The molecule has 0 spiro atoms. The highest BCUT2D eigenvalue weighted by Crippen LogP contribution is 2.22. The topological polar surface area (TPSA) is 52.6 Å². The molecule has 2 aromatic rings. The van der Waals surface area contributed by atoms with Crippen LogP contribution in [0.1, 0.15) is 37.5 Å². The number of anilines is 1. The van der Waals surface area contributed by atoms with E-state index in [0.29, 0.717) is 6.54 Å². The first-order valence-corrected chi connectivity index (χ1v) is 8.71. The summed E-state index contributed by atoms with van der Waals surface area (Å²) >= 11 is 0. The Kier molecular flexibility index (Phi) is 6.21. The minimum atomic E-state index is -0.967. The Morgan fingerprint density at radius 2 is 1.80 bits per heavy atom. The van der Waals surface area contributed by atoms with Crippen molar-refractivity contribution in [2.24, 2.45) is 0 Å². The third-order valence-electron chi connectivity index (χ3n) is 4.05. The monoisotopic (exact) mass is 340 g/mol. The lowest BCUT2D eigenvalue weighted by Crippen LogP contribution is -2.44. The van der Waals surface area contributed by atoms with Gasteiger partial charge >= 0.3 is 6.03 Å². The third kappa shape index (κ3) is 5.61. The Morgan fingerprint density at radius 1 is 1.12 bits per heavy atom. The zero-order valence-electron chi connectivity index (χ0n) is 15.5. The summed E-state index contributed by atoms with van der Waals surface area (Å²) in [7, 11) is 0. The smallest absolute Gasteiger partial charge is 0.322 e. The molecule has 2 aromatic carbocycles. The van der Waals surface area contributed by atoms with E-state index >= 15 is 0 Å². The lowest BCUT2D eigenvalue weighted by atomic mass is 10.1. The van der Waals surface area contributed by atoms with Crippen LogP contribution in [0, 0.1) is 6.92 Å². The van der Waals surface area contributed by atoms with Gasteiger partial charge in [-0.25, -0.2) is 4.79 Å². The van der Waals surface area contributed by atoms with Gasteiger partial charge in [-0.1, -0.05) is 55.5 Å². The second-order valence-corrected chi connectivity index (χ2v) is 7.05. The van der Waals surface area contributed by atoms with Crippen LogP contribution in [0.5, 0.6) is 0 Å². The Morgan fingerprint density at radius 3 is 2.40 bits per heavy atom. The Hall–Kier alpha value is -2.33. The minimum Gasteiger partial charge on any atom is -0.389 e. The van der Waals surface area contributed by atoms with E-state index in [1.165, 1.54) is 0 Å². The second kappa shape index (κ2) is 8.17. The van der Waals surface area contributed by atoms with Gasteiger partial charge in [0.2, 0.25) is 0 Å². The molecule has 2 N–H and O–H groups in total. The van der Waals surface area contributed by atoms with Gasteiger partial charge in [-0.2, -0.15) is 0 Å². The van der Waals surface area contributed by atoms with Crippen LogP contribution in [0.4, 0.5) is 10.5 Å². The number of carbonyl (C=O) groups is 1. The molecule has 0 atom stereocenters. The van der Waals surface area contributed by atoms with E-state index in [4.69, 9.17) is 0 Å². The average Bonchev–Trinajstić information content (AvgIpc) is 2.55. The first-order valence-electron chi connectivity index (χ1n) is 8.71. The number of carbonyl (C=O) groups excluding carboxylic acids is 1. The van der Waals surface area contributed by atoms with Crippen LogP contribution in [0.15, 0.2) is 48.5 Å². The number of aryl methyl sites for hydroxylation is 2. The van der Waals surface area contributed by atoms with Crippen molar-refractivity contribution in [1.82, 2.24) is 4.90 Å². The fourth-order valence-corrected chi connectivity index (χ4v) is 2.86. The summed E-state index contributed by atoms with van der Waals surface area (Å²) in [6, 6.07) is 15.6. The number of para-hydroxylation sites is 1. The van der Waals surface area contributed by atoms with Crippen molar-refractivity contribution in [3.63, 3.8) is 0 Å². The Labute approximate surface area is 150 Å². The van der Waals surface area contributed by atoms with Crippen LogP contribution < -0.4 is 5.32 Å². The molecule has 0 radical (unpaired) electrons. The highest BCUT2D eigenvalue weighted by molar-refractivity contribution is 5.91. The fraction of sp³-hybridized carbons (Fsp3) is 0.381. The number of urea groups is 1. The molecule has 0 aliphatic carbocycles. The maximum Gasteiger partial charge on any atom is 0.322 e. The molecule has 25 heavy (non-hydrogen) atoms. The standard InChI is InChI=1S/C21H28N2O2/c1-5-18-13-9-10-16(2)19(18)22-20(24)23(15-21(3,4)25)14-17-11-7-6-8-12-17/h6-13,25H,5,14-15H2,1-4H3,(H,22,24). The van der Waals surface area contributed by atoms with E-state index in [0.717, 1.165) is 28.8 Å². The molecule has 0 aromatic heterocycles. The number of nitrogens with zero attached hydrogens (tertiary/aromatic N) is 1. The van der Waals surface area contributed by atoms with E-state index < -0.39 is 5.60 Å². The summed E-state index contributed by atoms with van der Waals surface area (Å²) in [4.78, 5) is 14.6. The summed E-state index contributed by atoms with van der Waals surface area (Å²) in [5.41, 5.74) is 3.07. The lowest BCUT2D eigenvalue weighted by Gasteiger charge is -2.30. The fourth-order valence-electron chi connectivity index (χ4n) is 2.86. The number of nitrogens with one attached hydrogen (secondary N) is 1. The van der Waals surface area contributed by atoms with Crippen molar-refractivity contribution in [1.29, 1.82) is 0 Å². The number of rotatable bonds is 6. The maximum atomic E-state index is 12.9. The highest BCUT2D eigenvalue weighted by Gasteiger charge is 2.23. The van der Waals surface area contributed by atoms with Gasteiger partial charge in [0.1, 0.15) is 0 Å². The molecule has 2 rings (SSSR count). The Balaban J connectivity index is 2.23. The quantitative estimate of drug-likeness (QED) is 0.821. The first-order chi connectivity index (χ1) is 11.8. The molecule has 134 valence electrons. The van der Waals surface area contributed by atoms with Crippen molar-refractivity contribution >= 4 is 11.7 Å². The summed E-state index contributed by atoms with van der Waals surface area (Å²) < 4.78 is 0. The van der Waals surface area contributed by atoms with Crippen LogP contribution in [0.2, 0.25) is 0 Å². The summed E-state index contributed by atoms with van der Waals surface area (Å²) in [6.45, 7) is 8.19. The largest absolute Gasteiger partial charge is 0.389 e. The molecule has 0 saturated heterocycles. The minimum absolute atomic E-state index is 0.199. The van der Waals surface area contributed by atoms with Crippen LogP contribution >= 0.6 is 0 Å². The first kappa shape index (κ1) is 19.0. The van der Waals surface area contributed by atoms with Gasteiger partial charge in [-0.05, 0) is 43.9 Å². The number of hydrogen-bond acceptors (Lipinski definition) is 2. The zero-order valence-corrected chi connectivity index (χ0v) is 15.5. The molecular formula is C21H28N2O2. The molecule has 0 aliphatic rings. The molecule has 0 bridgehead atoms. The van der Waals surface area contributed by atoms with Gasteiger partial charge in [-0.3, -0.25) is 0 Å². The van der Waals surface area contributed by atoms with E-state index in [1.54, 1.807) is 18.7 Å². The van der Waals surface area contributed by atoms with Gasteiger partial charge < -0.3 is 15.3 Å².